The van der Waals surface area contributed by atoms with Gasteiger partial charge in [0, 0.05) is 12.6 Å². The topological polar surface area (TPSA) is 52.6 Å². The average Bonchev–Trinajstić information content (AvgIpc) is 2.67. The number of carboxylic acids is 1. The summed E-state index contributed by atoms with van der Waals surface area (Å²) in [5.74, 6) is -1.63. The van der Waals surface area contributed by atoms with Crippen molar-refractivity contribution in [3.8, 4) is 0 Å². The van der Waals surface area contributed by atoms with Gasteiger partial charge < -0.3 is 15.3 Å². The summed E-state index contributed by atoms with van der Waals surface area (Å²) in [6, 6.07) is 4.19. The molecule has 0 radical (unpaired) electrons. The van der Waals surface area contributed by atoms with Gasteiger partial charge in [0.25, 0.3) is 0 Å². The van der Waals surface area contributed by atoms with Crippen molar-refractivity contribution in [3.05, 3.63) is 29.6 Å². The molecule has 0 bridgehead atoms. The molecule has 92 valence electrons. The Labute approximate surface area is 99.0 Å². The summed E-state index contributed by atoms with van der Waals surface area (Å²) >= 11 is 0. The van der Waals surface area contributed by atoms with Crippen LogP contribution in [0.15, 0.2) is 18.2 Å². The minimum Gasteiger partial charge on any atom is -0.478 e. The Morgan fingerprint density at radius 3 is 2.94 bits per heavy atom. The Morgan fingerprint density at radius 2 is 2.35 bits per heavy atom. The number of nitrogens with one attached hydrogen (secondary N) is 1. The van der Waals surface area contributed by atoms with Crippen LogP contribution in [0.1, 0.15) is 16.8 Å². The molecular weight excluding hydrogens is 223 g/mol. The van der Waals surface area contributed by atoms with Crippen molar-refractivity contribution in [2.75, 3.05) is 25.5 Å². The summed E-state index contributed by atoms with van der Waals surface area (Å²) in [6.45, 7) is 1.74. The number of carboxylic acid groups (broad SMARTS) is 1. The number of likely N-dealkylation sites (tertiary alicyclic amines) is 1. The van der Waals surface area contributed by atoms with E-state index >= 15 is 0 Å². The fourth-order valence-electron chi connectivity index (χ4n) is 2.11. The van der Waals surface area contributed by atoms with E-state index in [1.807, 2.05) is 7.05 Å². The van der Waals surface area contributed by atoms with Gasteiger partial charge in [0.2, 0.25) is 0 Å². The molecule has 1 aliphatic heterocycles. The second-order valence-electron chi connectivity index (χ2n) is 4.36. The van der Waals surface area contributed by atoms with E-state index in [-0.39, 0.29) is 17.3 Å². The third-order valence-corrected chi connectivity index (χ3v) is 2.98. The first kappa shape index (κ1) is 11.9. The van der Waals surface area contributed by atoms with Gasteiger partial charge in [0.05, 0.1) is 11.3 Å². The van der Waals surface area contributed by atoms with Crippen molar-refractivity contribution < 1.29 is 14.3 Å². The van der Waals surface area contributed by atoms with Crippen LogP contribution >= 0.6 is 0 Å². The second kappa shape index (κ2) is 4.71. The number of hydrogen-bond donors (Lipinski definition) is 2. The van der Waals surface area contributed by atoms with Crippen LogP contribution in [0.25, 0.3) is 0 Å². The minimum atomic E-state index is -1.11. The number of rotatable bonds is 3. The van der Waals surface area contributed by atoms with Gasteiger partial charge in [-0.05, 0) is 32.1 Å². The molecule has 5 heteroatoms. The number of para-hydroxylation sites is 1. The molecule has 1 aliphatic rings. The molecule has 17 heavy (non-hydrogen) atoms. The Kier molecular flexibility index (Phi) is 3.28. The number of halogens is 1. The van der Waals surface area contributed by atoms with Gasteiger partial charge in [-0.15, -0.1) is 0 Å². The monoisotopic (exact) mass is 238 g/mol. The van der Waals surface area contributed by atoms with Crippen molar-refractivity contribution in [1.82, 2.24) is 4.90 Å². The fourth-order valence-corrected chi connectivity index (χ4v) is 2.11. The largest absolute Gasteiger partial charge is 0.478 e. The molecule has 1 aromatic rings. The highest BCUT2D eigenvalue weighted by Crippen LogP contribution is 2.23. The van der Waals surface area contributed by atoms with Crippen LogP contribution in [0.5, 0.6) is 0 Å². The van der Waals surface area contributed by atoms with Crippen LogP contribution < -0.4 is 5.32 Å². The average molecular weight is 238 g/mol. The maximum absolute atomic E-state index is 13.6. The molecule has 1 atom stereocenters. The molecule has 0 aromatic heterocycles. The zero-order chi connectivity index (χ0) is 12.4. The van der Waals surface area contributed by atoms with Gasteiger partial charge in [0.1, 0.15) is 5.82 Å². The first-order valence-electron chi connectivity index (χ1n) is 5.55. The van der Waals surface area contributed by atoms with Gasteiger partial charge in [0.15, 0.2) is 0 Å². The van der Waals surface area contributed by atoms with E-state index in [9.17, 15) is 9.18 Å². The Bertz CT molecular complexity index is 437. The Hall–Kier alpha value is -1.62. The molecule has 0 saturated carbocycles. The van der Waals surface area contributed by atoms with E-state index in [4.69, 9.17) is 5.11 Å². The fraction of sp³-hybridized carbons (Fsp3) is 0.417. The number of likely N-dealkylation sites (N-methyl/N-ethyl adjacent to an activating group) is 1. The van der Waals surface area contributed by atoms with Crippen molar-refractivity contribution in [2.24, 2.45) is 0 Å². The standard InChI is InChI=1S/C12H15FN2O2/c1-15-6-5-8(7-15)14-11-9(12(16)17)3-2-4-10(11)13/h2-4,8,14H,5-7H2,1H3,(H,16,17). The van der Waals surface area contributed by atoms with Crippen molar-refractivity contribution in [1.29, 1.82) is 0 Å². The lowest BCUT2D eigenvalue weighted by atomic mass is 10.1. The summed E-state index contributed by atoms with van der Waals surface area (Å²) in [7, 11) is 1.99. The van der Waals surface area contributed by atoms with E-state index in [1.54, 1.807) is 0 Å². The molecule has 0 spiro atoms. The highest BCUT2D eigenvalue weighted by molar-refractivity contribution is 5.94. The van der Waals surface area contributed by atoms with Crippen molar-refractivity contribution in [3.63, 3.8) is 0 Å². The molecule has 1 fully saturated rings. The van der Waals surface area contributed by atoms with Gasteiger partial charge in [-0.1, -0.05) is 6.07 Å². The number of aromatic carboxylic acids is 1. The predicted octanol–water partition coefficient (Wildman–Crippen LogP) is 1.64. The van der Waals surface area contributed by atoms with Gasteiger partial charge in [-0.3, -0.25) is 0 Å². The molecule has 2 N–H and O–H groups in total. The van der Waals surface area contributed by atoms with Crippen molar-refractivity contribution in [2.45, 2.75) is 12.5 Å². The summed E-state index contributed by atoms with van der Waals surface area (Å²) in [4.78, 5) is 13.1. The van der Waals surface area contributed by atoms with Gasteiger partial charge in [-0.2, -0.15) is 0 Å². The molecule has 1 heterocycles. The van der Waals surface area contributed by atoms with Crippen molar-refractivity contribution >= 4 is 11.7 Å². The summed E-state index contributed by atoms with van der Waals surface area (Å²) in [5.41, 5.74) is 0.0832. The summed E-state index contributed by atoms with van der Waals surface area (Å²) in [6.07, 6.45) is 0.893. The summed E-state index contributed by atoms with van der Waals surface area (Å²) in [5, 5.41) is 12.0. The van der Waals surface area contributed by atoms with Gasteiger partial charge >= 0.3 is 5.97 Å². The Morgan fingerprint density at radius 1 is 1.59 bits per heavy atom. The zero-order valence-electron chi connectivity index (χ0n) is 9.61. The van der Waals surface area contributed by atoms with E-state index in [2.05, 4.69) is 10.2 Å². The molecule has 4 nitrogen and oxygen atoms in total. The number of nitrogens with zero attached hydrogens (tertiary/aromatic N) is 1. The van der Waals surface area contributed by atoms with Crippen LogP contribution in [0.4, 0.5) is 10.1 Å². The number of anilines is 1. The molecular formula is C12H15FN2O2. The van der Waals surface area contributed by atoms with Gasteiger partial charge in [-0.25, -0.2) is 9.18 Å². The van der Waals surface area contributed by atoms with Crippen LogP contribution in [0.2, 0.25) is 0 Å². The van der Waals surface area contributed by atoms with Crippen LogP contribution in [-0.4, -0.2) is 42.2 Å². The normalized spacial score (nSPS) is 20.5. The highest BCUT2D eigenvalue weighted by atomic mass is 19.1. The maximum Gasteiger partial charge on any atom is 0.337 e. The summed E-state index contributed by atoms with van der Waals surface area (Å²) < 4.78 is 13.6. The molecule has 0 aliphatic carbocycles. The Balaban J connectivity index is 2.22. The molecule has 0 amide bonds. The zero-order valence-corrected chi connectivity index (χ0v) is 9.61. The first-order valence-corrected chi connectivity index (χ1v) is 5.55. The van der Waals surface area contributed by atoms with Crippen LogP contribution in [0, 0.1) is 5.82 Å². The second-order valence-corrected chi connectivity index (χ2v) is 4.36. The first-order chi connectivity index (χ1) is 8.08. The molecule has 1 unspecified atom stereocenters. The molecule has 2 rings (SSSR count). The van der Waals surface area contributed by atoms with Crippen LogP contribution in [0.3, 0.4) is 0 Å². The lowest BCUT2D eigenvalue weighted by molar-refractivity contribution is 0.0697. The number of benzene rings is 1. The maximum atomic E-state index is 13.6. The third-order valence-electron chi connectivity index (χ3n) is 2.98. The molecule has 1 aromatic carbocycles. The predicted molar refractivity (Wildman–Crippen MR) is 62.9 cm³/mol. The number of hydrogen-bond acceptors (Lipinski definition) is 3. The lowest BCUT2D eigenvalue weighted by Gasteiger charge is -2.16. The van der Waals surface area contributed by atoms with E-state index in [0.29, 0.717) is 0 Å². The van der Waals surface area contributed by atoms with Crippen LogP contribution in [-0.2, 0) is 0 Å². The third kappa shape index (κ3) is 2.55. The highest BCUT2D eigenvalue weighted by Gasteiger charge is 2.22. The SMILES string of the molecule is CN1CCC(Nc2c(F)cccc2C(=O)O)C1. The number of carbonyl (C=O) groups is 1. The lowest BCUT2D eigenvalue weighted by Crippen LogP contribution is -2.25. The quantitative estimate of drug-likeness (QED) is 0.840. The molecule has 1 saturated heterocycles. The smallest absolute Gasteiger partial charge is 0.337 e. The van der Waals surface area contributed by atoms with E-state index < -0.39 is 11.8 Å². The minimum absolute atomic E-state index is 0.0143. The van der Waals surface area contributed by atoms with E-state index in [1.165, 1.54) is 18.2 Å². The van der Waals surface area contributed by atoms with E-state index in [0.717, 1.165) is 19.5 Å².